The van der Waals surface area contributed by atoms with Gasteiger partial charge >= 0.3 is 0 Å². The van der Waals surface area contributed by atoms with Gasteiger partial charge in [0.15, 0.2) is 0 Å². The fourth-order valence-electron chi connectivity index (χ4n) is 5.27. The van der Waals surface area contributed by atoms with Crippen molar-refractivity contribution in [3.63, 3.8) is 0 Å². The highest BCUT2D eigenvalue weighted by Gasteiger charge is 2.45. The summed E-state index contributed by atoms with van der Waals surface area (Å²) in [6.45, 7) is 1.32. The molecule has 3 heterocycles. The van der Waals surface area contributed by atoms with Crippen LogP contribution in [0, 0.1) is 5.41 Å². The Kier molecular flexibility index (Phi) is 5.58. The van der Waals surface area contributed by atoms with Gasteiger partial charge in [0.25, 0.3) is 0 Å². The first kappa shape index (κ1) is 21.9. The van der Waals surface area contributed by atoms with E-state index >= 15 is 0 Å². The molecule has 2 aromatic heterocycles. The molecule has 3 aliphatic rings. The molecular formula is C21H30ClN7O2S. The molecule has 0 amide bonds. The molecule has 1 spiro atoms. The monoisotopic (exact) mass is 479 g/mol. The van der Waals surface area contributed by atoms with Crippen LogP contribution in [0.5, 0.6) is 0 Å². The number of rotatable bonds is 5. The summed E-state index contributed by atoms with van der Waals surface area (Å²) < 4.78 is 28.7. The van der Waals surface area contributed by atoms with Gasteiger partial charge in [-0.2, -0.15) is 10.1 Å². The molecular weight excluding hydrogens is 450 g/mol. The van der Waals surface area contributed by atoms with E-state index in [-0.39, 0.29) is 22.5 Å². The number of hydrogen-bond acceptors (Lipinski definition) is 7. The Labute approximate surface area is 194 Å². The van der Waals surface area contributed by atoms with E-state index in [2.05, 4.69) is 20.0 Å². The number of hydrogen-bond donors (Lipinski definition) is 1. The van der Waals surface area contributed by atoms with Crippen molar-refractivity contribution in [1.82, 2.24) is 24.1 Å². The molecule has 2 saturated carbocycles. The highest BCUT2D eigenvalue weighted by atomic mass is 35.5. The summed E-state index contributed by atoms with van der Waals surface area (Å²) in [7, 11) is -1.18. The molecule has 32 heavy (non-hydrogen) atoms. The number of sulfonamides is 1. The van der Waals surface area contributed by atoms with Crippen LogP contribution in [0.3, 0.4) is 0 Å². The molecule has 174 valence electrons. The molecule has 2 aliphatic carbocycles. The number of nitrogens with two attached hydrogens (primary N) is 1. The second kappa shape index (κ2) is 8.14. The molecule has 0 bridgehead atoms. The van der Waals surface area contributed by atoms with Crippen LogP contribution in [0.2, 0.25) is 5.02 Å². The Hall–Kier alpha value is -1.91. The van der Waals surface area contributed by atoms with Crippen molar-refractivity contribution in [2.24, 2.45) is 12.5 Å². The van der Waals surface area contributed by atoms with Gasteiger partial charge in [-0.15, -0.1) is 0 Å². The lowest BCUT2D eigenvalue weighted by Gasteiger charge is -2.47. The molecule has 9 nitrogen and oxygen atoms in total. The number of nitrogens with zero attached hydrogens (tertiary/aromatic N) is 6. The highest BCUT2D eigenvalue weighted by Crippen LogP contribution is 2.48. The summed E-state index contributed by atoms with van der Waals surface area (Å²) in [6.07, 6.45) is 13.0. The third kappa shape index (κ3) is 4.08. The zero-order chi connectivity index (χ0) is 22.5. The first-order valence-corrected chi connectivity index (χ1v) is 13.2. The quantitative estimate of drug-likeness (QED) is 0.701. The van der Waals surface area contributed by atoms with E-state index in [9.17, 15) is 8.42 Å². The molecule has 3 fully saturated rings. The van der Waals surface area contributed by atoms with Crippen molar-refractivity contribution in [3.8, 4) is 0 Å². The second-order valence-corrected chi connectivity index (χ2v) is 12.1. The number of aromatic nitrogens is 4. The Balaban J connectivity index is 1.30. The fraction of sp³-hybridized carbons (Fsp3) is 0.667. The third-order valence-electron chi connectivity index (χ3n) is 7.41. The predicted molar refractivity (Wildman–Crippen MR) is 124 cm³/mol. The summed E-state index contributed by atoms with van der Waals surface area (Å²) in [5, 5.41) is 4.56. The van der Waals surface area contributed by atoms with Gasteiger partial charge in [0, 0.05) is 32.4 Å². The maximum absolute atomic E-state index is 12.6. The Morgan fingerprint density at radius 1 is 1.12 bits per heavy atom. The van der Waals surface area contributed by atoms with Crippen LogP contribution < -0.4 is 10.6 Å². The average molecular weight is 480 g/mol. The average Bonchev–Trinajstić information content (AvgIpc) is 3.56. The van der Waals surface area contributed by atoms with Crippen LogP contribution in [-0.4, -0.2) is 56.9 Å². The number of piperidine rings is 1. The molecule has 1 aliphatic heterocycles. The van der Waals surface area contributed by atoms with Crippen molar-refractivity contribution in [1.29, 1.82) is 0 Å². The van der Waals surface area contributed by atoms with Gasteiger partial charge in [-0.1, -0.05) is 11.6 Å². The number of nitrogen functional groups attached to an aromatic ring is 1. The number of aryl methyl sites for hydroxylation is 1. The zero-order valence-electron chi connectivity index (χ0n) is 18.3. The van der Waals surface area contributed by atoms with Gasteiger partial charge in [0.05, 0.1) is 23.3 Å². The molecule has 0 radical (unpaired) electrons. The normalized spacial score (nSPS) is 22.3. The third-order valence-corrected chi connectivity index (χ3v) is 10.1. The van der Waals surface area contributed by atoms with Crippen molar-refractivity contribution < 1.29 is 8.42 Å². The smallest absolute Gasteiger partial charge is 0.232 e. The van der Waals surface area contributed by atoms with Crippen molar-refractivity contribution in [2.45, 2.75) is 62.7 Å². The largest absolute Gasteiger partial charge is 0.382 e. The summed E-state index contributed by atoms with van der Waals surface area (Å²) in [6, 6.07) is 0.221. The second-order valence-electron chi connectivity index (χ2n) is 9.52. The van der Waals surface area contributed by atoms with Gasteiger partial charge in [-0.3, -0.25) is 4.68 Å². The minimum atomic E-state index is -3.07. The van der Waals surface area contributed by atoms with Gasteiger partial charge in [0.1, 0.15) is 10.8 Å². The highest BCUT2D eigenvalue weighted by molar-refractivity contribution is 7.90. The minimum absolute atomic E-state index is 0.118. The molecule has 0 atom stereocenters. The summed E-state index contributed by atoms with van der Waals surface area (Å²) >= 11 is 6.05. The molecule has 0 unspecified atom stereocenters. The van der Waals surface area contributed by atoms with Gasteiger partial charge in [0.2, 0.25) is 16.0 Å². The molecule has 0 aromatic carbocycles. The van der Waals surface area contributed by atoms with Gasteiger partial charge in [-0.05, 0) is 56.8 Å². The molecule has 2 N–H and O–H groups in total. The Morgan fingerprint density at radius 2 is 1.81 bits per heavy atom. The lowest BCUT2D eigenvalue weighted by molar-refractivity contribution is 0.0949. The van der Waals surface area contributed by atoms with Crippen LogP contribution in [0.25, 0.3) is 0 Å². The fourth-order valence-corrected chi connectivity index (χ4v) is 7.21. The lowest BCUT2D eigenvalue weighted by atomic mass is 9.67. The van der Waals surface area contributed by atoms with E-state index in [1.54, 1.807) is 15.2 Å². The molecule has 5 rings (SSSR count). The van der Waals surface area contributed by atoms with Crippen molar-refractivity contribution in [3.05, 3.63) is 23.6 Å². The number of halogens is 1. The molecule has 11 heteroatoms. The summed E-state index contributed by atoms with van der Waals surface area (Å²) in [5.74, 6) is 0.799. The lowest BCUT2D eigenvalue weighted by Crippen LogP contribution is -2.47. The predicted octanol–water partition coefficient (Wildman–Crippen LogP) is 3.10. The summed E-state index contributed by atoms with van der Waals surface area (Å²) in [4.78, 5) is 11.0. The van der Waals surface area contributed by atoms with E-state index in [0.29, 0.717) is 24.1 Å². The van der Waals surface area contributed by atoms with Crippen LogP contribution in [0.15, 0.2) is 18.6 Å². The Morgan fingerprint density at radius 3 is 2.38 bits per heavy atom. The minimum Gasteiger partial charge on any atom is -0.382 e. The molecule has 2 aromatic rings. The van der Waals surface area contributed by atoms with Crippen LogP contribution in [0.4, 0.5) is 17.5 Å². The van der Waals surface area contributed by atoms with E-state index in [0.717, 1.165) is 57.1 Å². The first-order chi connectivity index (χ1) is 15.3. The SMILES string of the molecule is Cn1cc(N(c2ncc(Cl)c(N)n2)C2CCC3(CC2)CCN(S(=O)(=O)C2CC2)CC3)cn1. The van der Waals surface area contributed by atoms with E-state index < -0.39 is 10.0 Å². The van der Waals surface area contributed by atoms with E-state index in [1.807, 2.05) is 19.4 Å². The van der Waals surface area contributed by atoms with Gasteiger partial charge < -0.3 is 10.6 Å². The van der Waals surface area contributed by atoms with E-state index in [1.165, 1.54) is 0 Å². The van der Waals surface area contributed by atoms with Crippen LogP contribution in [0.1, 0.15) is 51.4 Å². The first-order valence-electron chi connectivity index (χ1n) is 11.3. The molecule has 1 saturated heterocycles. The zero-order valence-corrected chi connectivity index (χ0v) is 19.9. The summed E-state index contributed by atoms with van der Waals surface area (Å²) in [5.41, 5.74) is 7.13. The van der Waals surface area contributed by atoms with Crippen molar-refractivity contribution in [2.75, 3.05) is 23.7 Å². The van der Waals surface area contributed by atoms with Crippen LogP contribution >= 0.6 is 11.6 Å². The topological polar surface area (TPSA) is 110 Å². The van der Waals surface area contributed by atoms with Crippen molar-refractivity contribution >= 4 is 39.1 Å². The van der Waals surface area contributed by atoms with Gasteiger partial charge in [-0.25, -0.2) is 17.7 Å². The number of anilines is 3. The maximum atomic E-state index is 12.6. The maximum Gasteiger partial charge on any atom is 0.232 e. The Bertz CT molecular complexity index is 1080. The van der Waals surface area contributed by atoms with E-state index in [4.69, 9.17) is 17.3 Å². The standard InChI is InChI=1S/C21H30ClN7O2S/c1-27-14-16(12-25-27)29(20-24-13-18(22)19(23)26-20)15-4-6-21(7-5-15)8-10-28(11-9-21)32(30,31)17-2-3-17/h12-15,17H,2-11H2,1H3,(H2,23,24,26). The van der Waals surface area contributed by atoms with Crippen LogP contribution in [-0.2, 0) is 17.1 Å².